The molecule has 0 aliphatic carbocycles. The molecule has 102 valence electrons. The number of aryl methyl sites for hydroxylation is 1. The van der Waals surface area contributed by atoms with E-state index < -0.39 is 15.8 Å². The summed E-state index contributed by atoms with van der Waals surface area (Å²) in [6.45, 7) is 6.35. The quantitative estimate of drug-likeness (QED) is 0.824. The van der Waals surface area contributed by atoms with Crippen LogP contribution in [0.4, 0.5) is 4.39 Å². The van der Waals surface area contributed by atoms with Crippen LogP contribution >= 0.6 is 0 Å². The second-order valence-electron chi connectivity index (χ2n) is 4.20. The van der Waals surface area contributed by atoms with Gasteiger partial charge in [-0.1, -0.05) is 19.1 Å². The van der Waals surface area contributed by atoms with Crippen LogP contribution in [0.15, 0.2) is 23.1 Å². The van der Waals surface area contributed by atoms with E-state index in [0.717, 1.165) is 12.6 Å². The molecule has 0 aliphatic rings. The maximum atomic E-state index is 13.6. The van der Waals surface area contributed by atoms with Crippen LogP contribution in [0.2, 0.25) is 0 Å². The van der Waals surface area contributed by atoms with E-state index >= 15 is 0 Å². The van der Waals surface area contributed by atoms with Gasteiger partial charge in [0.05, 0.1) is 0 Å². The molecular weight excluding hydrogens is 255 g/mol. The maximum Gasteiger partial charge on any atom is 0.243 e. The average Bonchev–Trinajstić information content (AvgIpc) is 2.26. The van der Waals surface area contributed by atoms with Crippen LogP contribution < -0.4 is 10.0 Å². The lowest BCUT2D eigenvalue weighted by molar-refractivity contribution is 0.527. The number of sulfonamides is 1. The molecule has 2 N–H and O–H groups in total. The number of benzene rings is 1. The van der Waals surface area contributed by atoms with E-state index in [1.807, 2.05) is 13.8 Å². The number of nitrogens with one attached hydrogen (secondary N) is 2. The fraction of sp³-hybridized carbons (Fsp3) is 0.500. The third-order valence-corrected chi connectivity index (χ3v) is 4.17. The molecule has 0 saturated carbocycles. The lowest BCUT2D eigenvalue weighted by Gasteiger charge is -2.14. The van der Waals surface area contributed by atoms with E-state index in [-0.39, 0.29) is 17.5 Å². The molecule has 0 saturated heterocycles. The summed E-state index contributed by atoms with van der Waals surface area (Å²) in [6, 6.07) is 4.21. The van der Waals surface area contributed by atoms with Crippen molar-refractivity contribution in [3.63, 3.8) is 0 Å². The third-order valence-electron chi connectivity index (χ3n) is 2.56. The van der Waals surface area contributed by atoms with Gasteiger partial charge in [0.1, 0.15) is 10.7 Å². The van der Waals surface area contributed by atoms with Crippen LogP contribution in [0.25, 0.3) is 0 Å². The molecule has 0 aliphatic heterocycles. The zero-order valence-corrected chi connectivity index (χ0v) is 11.6. The normalized spacial score (nSPS) is 13.6. The largest absolute Gasteiger partial charge is 0.313 e. The predicted molar refractivity (Wildman–Crippen MR) is 69.5 cm³/mol. The number of likely N-dealkylation sites (N-methyl/N-ethyl adjacent to an activating group) is 1. The zero-order chi connectivity index (χ0) is 13.8. The van der Waals surface area contributed by atoms with Gasteiger partial charge in [0.2, 0.25) is 10.0 Å². The minimum Gasteiger partial charge on any atom is -0.313 e. The molecule has 0 amide bonds. The molecule has 1 aromatic rings. The smallest absolute Gasteiger partial charge is 0.243 e. The van der Waals surface area contributed by atoms with Crippen molar-refractivity contribution in [2.45, 2.75) is 31.7 Å². The fourth-order valence-electron chi connectivity index (χ4n) is 1.68. The number of rotatable bonds is 6. The minimum absolute atomic E-state index is 0.00291. The summed E-state index contributed by atoms with van der Waals surface area (Å²) in [7, 11) is -3.80. The number of hydrogen-bond acceptors (Lipinski definition) is 3. The number of halogens is 1. The monoisotopic (exact) mass is 274 g/mol. The second-order valence-corrected chi connectivity index (χ2v) is 5.90. The molecule has 0 spiro atoms. The van der Waals surface area contributed by atoms with Gasteiger partial charge in [0.25, 0.3) is 0 Å². The van der Waals surface area contributed by atoms with Crippen molar-refractivity contribution in [2.75, 3.05) is 13.1 Å². The fourth-order valence-corrected chi connectivity index (χ4v) is 3.11. The van der Waals surface area contributed by atoms with Crippen LogP contribution in [0, 0.1) is 12.7 Å². The van der Waals surface area contributed by atoms with Crippen LogP contribution in [0.5, 0.6) is 0 Å². The van der Waals surface area contributed by atoms with E-state index in [9.17, 15) is 12.8 Å². The van der Waals surface area contributed by atoms with Gasteiger partial charge in [0.15, 0.2) is 0 Å². The molecule has 4 nitrogen and oxygen atoms in total. The molecule has 6 heteroatoms. The van der Waals surface area contributed by atoms with Crippen LogP contribution in [-0.4, -0.2) is 27.5 Å². The first-order valence-electron chi connectivity index (χ1n) is 5.86. The Morgan fingerprint density at radius 2 is 2.06 bits per heavy atom. The van der Waals surface area contributed by atoms with Gasteiger partial charge in [-0.15, -0.1) is 0 Å². The van der Waals surface area contributed by atoms with Crippen molar-refractivity contribution in [3.05, 3.63) is 29.6 Å². The Hall–Kier alpha value is -0.980. The Balaban J connectivity index is 2.87. The van der Waals surface area contributed by atoms with E-state index in [1.165, 1.54) is 6.07 Å². The standard InChI is InChI=1S/C12H19FN2O2S/c1-4-14-10(3)8-15-18(16,17)12-9(2)6-5-7-11(12)13/h5-7,10,14-15H,4,8H2,1-3H3/t10-/m1/s1. The summed E-state index contributed by atoms with van der Waals surface area (Å²) in [6.07, 6.45) is 0. The highest BCUT2D eigenvalue weighted by Gasteiger charge is 2.21. The molecule has 1 rings (SSSR count). The van der Waals surface area contributed by atoms with Gasteiger partial charge < -0.3 is 5.32 Å². The molecule has 0 aromatic heterocycles. The summed E-state index contributed by atoms with van der Waals surface area (Å²) < 4.78 is 40.0. The van der Waals surface area contributed by atoms with Crippen LogP contribution in [-0.2, 0) is 10.0 Å². The predicted octanol–water partition coefficient (Wildman–Crippen LogP) is 1.41. The van der Waals surface area contributed by atoms with Crippen LogP contribution in [0.1, 0.15) is 19.4 Å². The molecule has 18 heavy (non-hydrogen) atoms. The lowest BCUT2D eigenvalue weighted by Crippen LogP contribution is -2.39. The Morgan fingerprint density at radius 1 is 1.39 bits per heavy atom. The first kappa shape index (κ1) is 15.1. The maximum absolute atomic E-state index is 13.6. The SMILES string of the molecule is CCN[C@H](C)CNS(=O)(=O)c1c(C)cccc1F. The minimum atomic E-state index is -3.80. The van der Waals surface area contributed by atoms with Crippen molar-refractivity contribution in [1.29, 1.82) is 0 Å². The second kappa shape index (κ2) is 6.26. The molecule has 0 heterocycles. The molecule has 0 radical (unpaired) electrons. The zero-order valence-electron chi connectivity index (χ0n) is 10.8. The Kier molecular flexibility index (Phi) is 5.25. The lowest BCUT2D eigenvalue weighted by atomic mass is 10.2. The van der Waals surface area contributed by atoms with Gasteiger partial charge in [-0.25, -0.2) is 17.5 Å². The van der Waals surface area contributed by atoms with Gasteiger partial charge in [-0.05, 0) is 32.0 Å². The molecule has 0 unspecified atom stereocenters. The first-order valence-corrected chi connectivity index (χ1v) is 7.35. The van der Waals surface area contributed by atoms with Crippen molar-refractivity contribution in [1.82, 2.24) is 10.0 Å². The van der Waals surface area contributed by atoms with E-state index in [1.54, 1.807) is 13.0 Å². The average molecular weight is 274 g/mol. The summed E-state index contributed by atoms with van der Waals surface area (Å²) in [4.78, 5) is -0.270. The molecular formula is C12H19FN2O2S. The van der Waals surface area contributed by atoms with E-state index in [4.69, 9.17) is 0 Å². The first-order chi connectivity index (χ1) is 8.38. The highest BCUT2D eigenvalue weighted by molar-refractivity contribution is 7.89. The van der Waals surface area contributed by atoms with Crippen LogP contribution in [0.3, 0.4) is 0 Å². The van der Waals surface area contributed by atoms with Gasteiger partial charge >= 0.3 is 0 Å². The van der Waals surface area contributed by atoms with Gasteiger partial charge in [0, 0.05) is 12.6 Å². The molecule has 0 fully saturated rings. The summed E-state index contributed by atoms with van der Waals surface area (Å²) in [5, 5.41) is 3.08. The number of hydrogen-bond donors (Lipinski definition) is 2. The Labute approximate surface area is 108 Å². The Bertz CT molecular complexity index is 483. The summed E-state index contributed by atoms with van der Waals surface area (Å²) in [5.41, 5.74) is 0.401. The van der Waals surface area contributed by atoms with Crippen molar-refractivity contribution in [2.24, 2.45) is 0 Å². The third kappa shape index (κ3) is 3.76. The van der Waals surface area contributed by atoms with E-state index in [2.05, 4.69) is 10.0 Å². The summed E-state index contributed by atoms with van der Waals surface area (Å²) >= 11 is 0. The highest BCUT2D eigenvalue weighted by atomic mass is 32.2. The molecule has 1 atom stereocenters. The van der Waals surface area contributed by atoms with Gasteiger partial charge in [-0.2, -0.15) is 0 Å². The van der Waals surface area contributed by atoms with Gasteiger partial charge in [-0.3, -0.25) is 0 Å². The van der Waals surface area contributed by atoms with E-state index in [0.29, 0.717) is 5.56 Å². The van der Waals surface area contributed by atoms with Crippen molar-refractivity contribution in [3.8, 4) is 0 Å². The highest BCUT2D eigenvalue weighted by Crippen LogP contribution is 2.18. The topological polar surface area (TPSA) is 58.2 Å². The Morgan fingerprint density at radius 3 is 2.61 bits per heavy atom. The van der Waals surface area contributed by atoms with Crippen molar-refractivity contribution < 1.29 is 12.8 Å². The molecule has 0 bridgehead atoms. The summed E-state index contributed by atoms with van der Waals surface area (Å²) in [5.74, 6) is -0.724. The van der Waals surface area contributed by atoms with Crippen molar-refractivity contribution >= 4 is 10.0 Å². The molecule has 1 aromatic carbocycles.